The molecular weight excluding hydrogens is 330 g/mol. The van der Waals surface area contributed by atoms with Crippen molar-refractivity contribution in [3.05, 3.63) is 47.1 Å². The molecule has 1 amide bonds. The summed E-state index contributed by atoms with van der Waals surface area (Å²) in [4.78, 5) is 19.0. The first-order valence-electron chi connectivity index (χ1n) is 7.62. The Morgan fingerprint density at radius 1 is 1.29 bits per heavy atom. The zero-order chi connectivity index (χ0) is 16.9. The van der Waals surface area contributed by atoms with E-state index in [1.807, 2.05) is 12.1 Å². The molecule has 0 saturated carbocycles. The Morgan fingerprint density at radius 3 is 2.79 bits per heavy atom. The summed E-state index contributed by atoms with van der Waals surface area (Å²) in [5, 5.41) is 3.23. The molecular formula is C17H18ClN3O3. The standard InChI is InChI=1S/C17H18ClN3O3/c1-23-15-6-5-12(11-13(15)18)19-17(22)14-3-2-4-16(20-14)21-7-9-24-10-8-21/h2-6,11H,7-10H2,1H3,(H,19,22). The molecule has 6 nitrogen and oxygen atoms in total. The number of pyridine rings is 1. The van der Waals surface area contributed by atoms with Crippen LogP contribution in [0.1, 0.15) is 10.5 Å². The fourth-order valence-corrected chi connectivity index (χ4v) is 2.72. The number of rotatable bonds is 4. The molecule has 0 spiro atoms. The number of ether oxygens (including phenoxy) is 2. The lowest BCUT2D eigenvalue weighted by Crippen LogP contribution is -2.37. The minimum atomic E-state index is -0.286. The number of carbonyl (C=O) groups is 1. The van der Waals surface area contributed by atoms with Crippen molar-refractivity contribution in [3.8, 4) is 5.75 Å². The summed E-state index contributed by atoms with van der Waals surface area (Å²) in [5.74, 6) is 1.05. The number of hydrogen-bond donors (Lipinski definition) is 1. The monoisotopic (exact) mass is 347 g/mol. The highest BCUT2D eigenvalue weighted by molar-refractivity contribution is 6.32. The van der Waals surface area contributed by atoms with Gasteiger partial charge in [0.15, 0.2) is 0 Å². The van der Waals surface area contributed by atoms with E-state index in [0.29, 0.717) is 35.4 Å². The van der Waals surface area contributed by atoms with Gasteiger partial charge in [0.25, 0.3) is 5.91 Å². The molecule has 0 bridgehead atoms. The van der Waals surface area contributed by atoms with Gasteiger partial charge in [0.1, 0.15) is 17.3 Å². The average Bonchev–Trinajstić information content (AvgIpc) is 2.63. The van der Waals surface area contributed by atoms with Crippen LogP contribution >= 0.6 is 11.6 Å². The zero-order valence-electron chi connectivity index (χ0n) is 13.3. The second kappa shape index (κ2) is 7.51. The number of nitrogens with zero attached hydrogens (tertiary/aromatic N) is 2. The average molecular weight is 348 g/mol. The summed E-state index contributed by atoms with van der Waals surface area (Å²) in [6.45, 7) is 2.88. The summed E-state index contributed by atoms with van der Waals surface area (Å²) in [6, 6.07) is 10.5. The Labute approximate surface area is 145 Å². The lowest BCUT2D eigenvalue weighted by molar-refractivity contribution is 0.102. The van der Waals surface area contributed by atoms with Crippen molar-refractivity contribution in [3.63, 3.8) is 0 Å². The van der Waals surface area contributed by atoms with Crippen LogP contribution in [-0.4, -0.2) is 44.3 Å². The molecule has 126 valence electrons. The topological polar surface area (TPSA) is 63.7 Å². The van der Waals surface area contributed by atoms with E-state index in [0.717, 1.165) is 18.9 Å². The summed E-state index contributed by atoms with van der Waals surface area (Å²) in [7, 11) is 1.54. The molecule has 3 rings (SSSR count). The van der Waals surface area contributed by atoms with Crippen LogP contribution in [-0.2, 0) is 4.74 Å². The molecule has 1 aliphatic rings. The van der Waals surface area contributed by atoms with Crippen molar-refractivity contribution in [2.75, 3.05) is 43.6 Å². The largest absolute Gasteiger partial charge is 0.495 e. The molecule has 2 heterocycles. The maximum absolute atomic E-state index is 12.4. The Balaban J connectivity index is 1.74. The summed E-state index contributed by atoms with van der Waals surface area (Å²) in [5.41, 5.74) is 0.940. The first-order valence-corrected chi connectivity index (χ1v) is 8.00. The van der Waals surface area contributed by atoms with Gasteiger partial charge >= 0.3 is 0 Å². The number of carbonyl (C=O) groups excluding carboxylic acids is 1. The molecule has 1 saturated heterocycles. The Bertz CT molecular complexity index is 733. The number of methoxy groups -OCH3 is 1. The second-order valence-corrected chi connectivity index (χ2v) is 5.69. The quantitative estimate of drug-likeness (QED) is 0.921. The van der Waals surface area contributed by atoms with Crippen LogP contribution < -0.4 is 15.0 Å². The van der Waals surface area contributed by atoms with Gasteiger partial charge in [0.05, 0.1) is 25.3 Å². The highest BCUT2D eigenvalue weighted by atomic mass is 35.5. The molecule has 1 aliphatic heterocycles. The molecule has 0 atom stereocenters. The maximum Gasteiger partial charge on any atom is 0.274 e. The van der Waals surface area contributed by atoms with Crippen molar-refractivity contribution in [1.82, 2.24) is 4.98 Å². The lowest BCUT2D eigenvalue weighted by atomic mass is 10.2. The third-order valence-corrected chi connectivity index (χ3v) is 4.01. The molecule has 1 aromatic heterocycles. The van der Waals surface area contributed by atoms with E-state index >= 15 is 0 Å². The van der Waals surface area contributed by atoms with Gasteiger partial charge in [0.2, 0.25) is 0 Å². The predicted molar refractivity (Wildman–Crippen MR) is 93.2 cm³/mol. The van der Waals surface area contributed by atoms with Gasteiger partial charge in [-0.2, -0.15) is 0 Å². The first-order chi connectivity index (χ1) is 11.7. The number of amides is 1. The minimum Gasteiger partial charge on any atom is -0.495 e. The SMILES string of the molecule is COc1ccc(NC(=O)c2cccc(N3CCOCC3)n2)cc1Cl. The third kappa shape index (κ3) is 3.77. The van der Waals surface area contributed by atoms with Gasteiger partial charge in [-0.15, -0.1) is 0 Å². The van der Waals surface area contributed by atoms with E-state index in [1.165, 1.54) is 0 Å². The Kier molecular flexibility index (Phi) is 5.17. The van der Waals surface area contributed by atoms with Gasteiger partial charge < -0.3 is 19.7 Å². The molecule has 1 aromatic carbocycles. The smallest absolute Gasteiger partial charge is 0.274 e. The molecule has 1 fully saturated rings. The molecule has 0 unspecified atom stereocenters. The van der Waals surface area contributed by atoms with Crippen LogP contribution in [0.5, 0.6) is 5.75 Å². The van der Waals surface area contributed by atoms with Gasteiger partial charge in [-0.3, -0.25) is 4.79 Å². The number of nitrogens with one attached hydrogen (secondary N) is 1. The fraction of sp³-hybridized carbons (Fsp3) is 0.294. The highest BCUT2D eigenvalue weighted by Crippen LogP contribution is 2.27. The van der Waals surface area contributed by atoms with Gasteiger partial charge in [-0.05, 0) is 30.3 Å². The van der Waals surface area contributed by atoms with Crippen molar-refractivity contribution in [2.45, 2.75) is 0 Å². The minimum absolute atomic E-state index is 0.286. The second-order valence-electron chi connectivity index (χ2n) is 5.28. The number of halogens is 1. The van der Waals surface area contributed by atoms with E-state index in [4.69, 9.17) is 21.1 Å². The van der Waals surface area contributed by atoms with E-state index in [2.05, 4.69) is 15.2 Å². The van der Waals surface area contributed by atoms with E-state index in [9.17, 15) is 4.79 Å². The van der Waals surface area contributed by atoms with Gasteiger partial charge in [0, 0.05) is 18.8 Å². The number of benzene rings is 1. The zero-order valence-corrected chi connectivity index (χ0v) is 14.0. The van der Waals surface area contributed by atoms with Gasteiger partial charge in [-0.1, -0.05) is 17.7 Å². The van der Waals surface area contributed by atoms with Crippen molar-refractivity contribution >= 4 is 29.0 Å². The molecule has 1 N–H and O–H groups in total. The van der Waals surface area contributed by atoms with E-state index < -0.39 is 0 Å². The highest BCUT2D eigenvalue weighted by Gasteiger charge is 2.15. The van der Waals surface area contributed by atoms with Crippen LogP contribution in [0.3, 0.4) is 0 Å². The van der Waals surface area contributed by atoms with Crippen molar-refractivity contribution in [1.29, 1.82) is 0 Å². The molecule has 7 heteroatoms. The lowest BCUT2D eigenvalue weighted by Gasteiger charge is -2.27. The normalized spacial score (nSPS) is 14.3. The summed E-state index contributed by atoms with van der Waals surface area (Å²) >= 11 is 6.08. The number of morpholine rings is 1. The predicted octanol–water partition coefficient (Wildman–Crippen LogP) is 2.83. The van der Waals surface area contributed by atoms with E-state index in [-0.39, 0.29) is 5.91 Å². The summed E-state index contributed by atoms with van der Waals surface area (Å²) < 4.78 is 10.4. The third-order valence-electron chi connectivity index (χ3n) is 3.71. The van der Waals surface area contributed by atoms with Crippen LogP contribution in [0.4, 0.5) is 11.5 Å². The molecule has 0 aliphatic carbocycles. The van der Waals surface area contributed by atoms with Crippen LogP contribution in [0.2, 0.25) is 5.02 Å². The van der Waals surface area contributed by atoms with Crippen molar-refractivity contribution in [2.24, 2.45) is 0 Å². The summed E-state index contributed by atoms with van der Waals surface area (Å²) in [6.07, 6.45) is 0. The molecule has 24 heavy (non-hydrogen) atoms. The molecule has 0 radical (unpaired) electrons. The fourth-order valence-electron chi connectivity index (χ4n) is 2.46. The van der Waals surface area contributed by atoms with Gasteiger partial charge in [-0.25, -0.2) is 4.98 Å². The van der Waals surface area contributed by atoms with Crippen LogP contribution in [0, 0.1) is 0 Å². The first kappa shape index (κ1) is 16.5. The van der Waals surface area contributed by atoms with Crippen LogP contribution in [0.15, 0.2) is 36.4 Å². The Hall–Kier alpha value is -2.31. The number of aromatic nitrogens is 1. The molecule has 2 aromatic rings. The van der Waals surface area contributed by atoms with Crippen molar-refractivity contribution < 1.29 is 14.3 Å². The van der Waals surface area contributed by atoms with Crippen LogP contribution in [0.25, 0.3) is 0 Å². The number of hydrogen-bond acceptors (Lipinski definition) is 5. The van der Waals surface area contributed by atoms with E-state index in [1.54, 1.807) is 31.4 Å². The Morgan fingerprint density at radius 2 is 2.08 bits per heavy atom. The number of anilines is 2. The maximum atomic E-state index is 12.4.